The standard InChI is InChI=1S/C17H16BrNO7S/c1-9(16(22)25-3)19-15(21)13(27-17(19)23)7-10-6-11(18)4-5-12(10)26-8-14(20)24-2/h4-7,9H,8H2,1-3H3/b13-7+/t9-/m0/s1. The lowest BCUT2D eigenvalue weighted by Gasteiger charge is -2.18. The molecule has 1 saturated heterocycles. The van der Waals surface area contributed by atoms with Crippen LogP contribution in [0.1, 0.15) is 12.5 Å². The topological polar surface area (TPSA) is 99.2 Å². The summed E-state index contributed by atoms with van der Waals surface area (Å²) in [5.74, 6) is -1.53. The van der Waals surface area contributed by atoms with Crippen LogP contribution in [0.5, 0.6) is 5.75 Å². The molecular weight excluding hydrogens is 442 g/mol. The SMILES string of the molecule is COC(=O)COc1ccc(Br)cc1/C=C1/SC(=O)N([C@@H](C)C(=O)OC)C1=O. The molecule has 0 spiro atoms. The summed E-state index contributed by atoms with van der Waals surface area (Å²) < 4.78 is 15.2. The van der Waals surface area contributed by atoms with E-state index in [0.29, 0.717) is 27.5 Å². The van der Waals surface area contributed by atoms with Crippen LogP contribution < -0.4 is 4.74 Å². The van der Waals surface area contributed by atoms with E-state index < -0.39 is 29.1 Å². The maximum absolute atomic E-state index is 12.6. The summed E-state index contributed by atoms with van der Waals surface area (Å²) in [5, 5.41) is -0.573. The number of hydrogen-bond donors (Lipinski definition) is 0. The molecule has 1 fully saturated rings. The number of thioether (sulfide) groups is 1. The van der Waals surface area contributed by atoms with E-state index in [1.165, 1.54) is 27.2 Å². The van der Waals surface area contributed by atoms with E-state index in [-0.39, 0.29) is 11.5 Å². The molecular formula is C17H16BrNO7S. The van der Waals surface area contributed by atoms with Crippen LogP contribution in [-0.4, -0.2) is 54.9 Å². The van der Waals surface area contributed by atoms with Crippen LogP contribution in [0.15, 0.2) is 27.6 Å². The smallest absolute Gasteiger partial charge is 0.343 e. The summed E-state index contributed by atoms with van der Waals surface area (Å²) in [6.45, 7) is 1.11. The van der Waals surface area contributed by atoms with Gasteiger partial charge in [-0.05, 0) is 43.0 Å². The van der Waals surface area contributed by atoms with Crippen molar-refractivity contribution >= 4 is 56.9 Å². The van der Waals surface area contributed by atoms with Gasteiger partial charge in [-0.2, -0.15) is 0 Å². The van der Waals surface area contributed by atoms with Gasteiger partial charge in [0.15, 0.2) is 6.61 Å². The number of carbonyl (C=O) groups excluding carboxylic acids is 4. The number of imide groups is 1. The molecule has 0 radical (unpaired) electrons. The third-order valence-corrected chi connectivity index (χ3v) is 4.96. The van der Waals surface area contributed by atoms with Gasteiger partial charge in [-0.25, -0.2) is 9.59 Å². The third-order valence-electron chi connectivity index (χ3n) is 3.58. The van der Waals surface area contributed by atoms with Crippen molar-refractivity contribution in [2.45, 2.75) is 13.0 Å². The Morgan fingerprint density at radius 2 is 1.96 bits per heavy atom. The van der Waals surface area contributed by atoms with Crippen molar-refractivity contribution in [2.75, 3.05) is 20.8 Å². The van der Waals surface area contributed by atoms with Crippen molar-refractivity contribution in [2.24, 2.45) is 0 Å². The quantitative estimate of drug-likeness (QED) is 0.474. The Hall–Kier alpha value is -2.33. The number of rotatable bonds is 6. The number of benzene rings is 1. The number of halogens is 1. The maximum Gasteiger partial charge on any atom is 0.343 e. The Bertz CT molecular complexity index is 823. The number of esters is 2. The van der Waals surface area contributed by atoms with Crippen LogP contribution in [0.4, 0.5) is 4.79 Å². The van der Waals surface area contributed by atoms with Gasteiger partial charge < -0.3 is 14.2 Å². The Morgan fingerprint density at radius 1 is 1.26 bits per heavy atom. The van der Waals surface area contributed by atoms with Gasteiger partial charge >= 0.3 is 11.9 Å². The molecule has 2 amide bonds. The molecule has 0 bridgehead atoms. The highest BCUT2D eigenvalue weighted by Gasteiger charge is 2.41. The maximum atomic E-state index is 12.6. The van der Waals surface area contributed by atoms with Crippen LogP contribution >= 0.6 is 27.7 Å². The molecule has 10 heteroatoms. The highest BCUT2D eigenvalue weighted by molar-refractivity contribution is 9.10. The number of amides is 2. The molecule has 144 valence electrons. The van der Waals surface area contributed by atoms with Gasteiger partial charge in [-0.15, -0.1) is 0 Å². The summed E-state index contributed by atoms with van der Waals surface area (Å²) in [5.41, 5.74) is 0.476. The monoisotopic (exact) mass is 457 g/mol. The molecule has 8 nitrogen and oxygen atoms in total. The molecule has 1 aromatic rings. The van der Waals surface area contributed by atoms with E-state index in [1.807, 2.05) is 0 Å². The highest BCUT2D eigenvalue weighted by atomic mass is 79.9. The lowest BCUT2D eigenvalue weighted by atomic mass is 10.1. The predicted octanol–water partition coefficient (Wildman–Crippen LogP) is 2.60. The van der Waals surface area contributed by atoms with E-state index in [2.05, 4.69) is 25.4 Å². The Balaban J connectivity index is 2.31. The van der Waals surface area contributed by atoms with Gasteiger partial charge in [-0.3, -0.25) is 14.5 Å². The normalized spacial score (nSPS) is 16.4. The van der Waals surface area contributed by atoms with Crippen LogP contribution in [0.25, 0.3) is 6.08 Å². The fraction of sp³-hybridized carbons (Fsp3) is 0.294. The lowest BCUT2D eigenvalue weighted by molar-refractivity contribution is -0.148. The number of hydrogen-bond acceptors (Lipinski definition) is 8. The van der Waals surface area contributed by atoms with E-state index in [4.69, 9.17) is 4.74 Å². The second-order valence-corrected chi connectivity index (χ2v) is 7.21. The Kier molecular flexibility index (Phi) is 7.03. The molecule has 2 rings (SSSR count). The summed E-state index contributed by atoms with van der Waals surface area (Å²) in [6.07, 6.45) is 1.46. The van der Waals surface area contributed by atoms with Crippen LogP contribution in [0.3, 0.4) is 0 Å². The number of methoxy groups -OCH3 is 2. The summed E-state index contributed by atoms with van der Waals surface area (Å²) in [6, 6.07) is 3.95. The van der Waals surface area contributed by atoms with Crippen molar-refractivity contribution in [3.05, 3.63) is 33.1 Å². The van der Waals surface area contributed by atoms with E-state index >= 15 is 0 Å². The molecule has 1 atom stereocenters. The Morgan fingerprint density at radius 3 is 2.59 bits per heavy atom. The first-order valence-electron chi connectivity index (χ1n) is 7.62. The van der Waals surface area contributed by atoms with Gasteiger partial charge in [0.2, 0.25) is 0 Å². The first-order chi connectivity index (χ1) is 12.8. The van der Waals surface area contributed by atoms with Crippen LogP contribution in [-0.2, 0) is 23.9 Å². The minimum atomic E-state index is -1.04. The average molecular weight is 458 g/mol. The number of carbonyl (C=O) groups is 4. The molecule has 1 heterocycles. The zero-order valence-electron chi connectivity index (χ0n) is 14.7. The first kappa shape index (κ1) is 21.0. The van der Waals surface area contributed by atoms with E-state index in [9.17, 15) is 19.2 Å². The van der Waals surface area contributed by atoms with Crippen molar-refractivity contribution in [3.8, 4) is 5.75 Å². The van der Waals surface area contributed by atoms with Gasteiger partial charge in [0, 0.05) is 10.0 Å². The summed E-state index contributed by atoms with van der Waals surface area (Å²) in [4.78, 5) is 48.7. The van der Waals surface area contributed by atoms with E-state index in [0.717, 1.165) is 4.90 Å². The summed E-state index contributed by atoms with van der Waals surface area (Å²) >= 11 is 4.03. The van der Waals surface area contributed by atoms with Crippen LogP contribution in [0.2, 0.25) is 0 Å². The minimum absolute atomic E-state index is 0.122. The van der Waals surface area contributed by atoms with Gasteiger partial charge in [0.25, 0.3) is 11.1 Å². The largest absolute Gasteiger partial charge is 0.481 e. The number of ether oxygens (including phenoxy) is 3. The van der Waals surface area contributed by atoms with Gasteiger partial charge in [-0.1, -0.05) is 15.9 Å². The second kappa shape index (κ2) is 9.05. The Labute approximate surface area is 167 Å². The summed E-state index contributed by atoms with van der Waals surface area (Å²) in [7, 11) is 2.42. The average Bonchev–Trinajstić information content (AvgIpc) is 2.92. The molecule has 1 aliphatic heterocycles. The highest BCUT2D eigenvalue weighted by Crippen LogP contribution is 2.36. The fourth-order valence-electron chi connectivity index (χ4n) is 2.19. The molecule has 27 heavy (non-hydrogen) atoms. The zero-order chi connectivity index (χ0) is 20.1. The molecule has 1 aromatic carbocycles. The molecule has 0 aromatic heterocycles. The van der Waals surface area contributed by atoms with Crippen molar-refractivity contribution in [1.82, 2.24) is 4.90 Å². The third kappa shape index (κ3) is 4.89. The van der Waals surface area contributed by atoms with Crippen molar-refractivity contribution < 1.29 is 33.4 Å². The van der Waals surface area contributed by atoms with Crippen molar-refractivity contribution in [3.63, 3.8) is 0 Å². The lowest BCUT2D eigenvalue weighted by Crippen LogP contribution is -2.42. The molecule has 0 unspecified atom stereocenters. The van der Waals surface area contributed by atoms with Crippen LogP contribution in [0, 0.1) is 0 Å². The number of nitrogens with zero attached hydrogens (tertiary/aromatic N) is 1. The predicted molar refractivity (Wildman–Crippen MR) is 101 cm³/mol. The van der Waals surface area contributed by atoms with Crippen molar-refractivity contribution in [1.29, 1.82) is 0 Å². The van der Waals surface area contributed by atoms with Gasteiger partial charge in [0.05, 0.1) is 19.1 Å². The molecule has 1 aliphatic rings. The zero-order valence-corrected chi connectivity index (χ0v) is 17.1. The molecule has 0 aliphatic carbocycles. The van der Waals surface area contributed by atoms with Gasteiger partial charge in [0.1, 0.15) is 11.8 Å². The van der Waals surface area contributed by atoms with E-state index in [1.54, 1.807) is 18.2 Å². The minimum Gasteiger partial charge on any atom is -0.481 e. The first-order valence-corrected chi connectivity index (χ1v) is 9.23. The molecule has 0 saturated carbocycles. The fourth-order valence-corrected chi connectivity index (χ4v) is 3.47. The second-order valence-electron chi connectivity index (χ2n) is 5.30. The molecule has 0 N–H and O–H groups in total.